The second kappa shape index (κ2) is 7.07. The molecule has 0 fully saturated rings. The van der Waals surface area contributed by atoms with Crippen molar-refractivity contribution in [3.63, 3.8) is 0 Å². The van der Waals surface area contributed by atoms with Crippen LogP contribution in [0, 0.1) is 13.8 Å². The second-order valence-electron chi connectivity index (χ2n) is 5.47. The maximum Gasteiger partial charge on any atom is 0.257 e. The number of carbonyl (C=O) groups excluding carboxylic acids is 2. The lowest BCUT2D eigenvalue weighted by Gasteiger charge is -2.15. The van der Waals surface area contributed by atoms with E-state index in [1.807, 2.05) is 19.9 Å². The van der Waals surface area contributed by atoms with E-state index in [0.717, 1.165) is 16.8 Å². The van der Waals surface area contributed by atoms with Crippen molar-refractivity contribution < 1.29 is 14.7 Å². The van der Waals surface area contributed by atoms with Crippen LogP contribution in [0.4, 0.5) is 11.4 Å². The van der Waals surface area contributed by atoms with Crippen molar-refractivity contribution >= 4 is 23.2 Å². The Balaban J connectivity index is 2.17. The first-order valence-electron chi connectivity index (χ1n) is 7.31. The van der Waals surface area contributed by atoms with Crippen molar-refractivity contribution in [3.8, 4) is 0 Å². The first kappa shape index (κ1) is 16.7. The third kappa shape index (κ3) is 4.17. The molecular weight excluding hydrogens is 292 g/mol. The average Bonchev–Trinajstić information content (AvgIpc) is 2.51. The van der Waals surface area contributed by atoms with Gasteiger partial charge in [0.25, 0.3) is 5.91 Å². The lowest BCUT2D eigenvalue weighted by Crippen LogP contribution is -2.21. The summed E-state index contributed by atoms with van der Waals surface area (Å²) in [6.45, 7) is 5.15. The van der Waals surface area contributed by atoms with Crippen molar-refractivity contribution in [3.05, 3.63) is 59.2 Å². The van der Waals surface area contributed by atoms with Gasteiger partial charge in [0, 0.05) is 18.3 Å². The van der Waals surface area contributed by atoms with Crippen LogP contribution in [0.3, 0.4) is 0 Å². The van der Waals surface area contributed by atoms with Crippen LogP contribution in [0.15, 0.2) is 42.5 Å². The fraction of sp³-hybridized carbons (Fsp3) is 0.222. The van der Waals surface area contributed by atoms with Crippen LogP contribution in [0.2, 0.25) is 0 Å². The molecule has 0 bridgehead atoms. The Morgan fingerprint density at radius 3 is 2.09 bits per heavy atom. The number of aliphatic hydroxyl groups excluding tert-OH is 1. The van der Waals surface area contributed by atoms with Crippen molar-refractivity contribution in [1.82, 2.24) is 0 Å². The molecule has 5 nitrogen and oxygen atoms in total. The molecule has 2 aromatic carbocycles. The summed E-state index contributed by atoms with van der Waals surface area (Å²) in [5.41, 5.74) is 3.52. The Bertz CT molecular complexity index is 703. The summed E-state index contributed by atoms with van der Waals surface area (Å²) in [6.07, 6.45) is -1.23. The number of hydrogen-bond acceptors (Lipinski definition) is 3. The molecule has 0 heterocycles. The summed E-state index contributed by atoms with van der Waals surface area (Å²) < 4.78 is 0. The monoisotopic (exact) mass is 312 g/mol. The zero-order valence-corrected chi connectivity index (χ0v) is 13.4. The van der Waals surface area contributed by atoms with Crippen molar-refractivity contribution in [2.75, 3.05) is 10.6 Å². The van der Waals surface area contributed by atoms with Gasteiger partial charge < -0.3 is 15.7 Å². The van der Waals surface area contributed by atoms with E-state index in [1.165, 1.54) is 6.92 Å². The third-order valence-electron chi connectivity index (χ3n) is 3.46. The first-order valence-corrected chi connectivity index (χ1v) is 7.31. The fourth-order valence-electron chi connectivity index (χ4n) is 2.41. The predicted molar refractivity (Wildman–Crippen MR) is 90.3 cm³/mol. The maximum atomic E-state index is 12.2. The van der Waals surface area contributed by atoms with Gasteiger partial charge in [-0.2, -0.15) is 0 Å². The zero-order valence-electron chi connectivity index (χ0n) is 13.4. The molecule has 0 aliphatic heterocycles. The summed E-state index contributed by atoms with van der Waals surface area (Å²) in [7, 11) is 0. The van der Waals surface area contributed by atoms with Gasteiger partial charge in [0.1, 0.15) is 0 Å². The number of hydrogen-bond donors (Lipinski definition) is 3. The molecule has 5 heteroatoms. The van der Waals surface area contributed by atoms with E-state index in [0.29, 0.717) is 11.3 Å². The van der Waals surface area contributed by atoms with Gasteiger partial charge in [-0.3, -0.25) is 9.59 Å². The molecule has 1 atom stereocenters. The van der Waals surface area contributed by atoms with Gasteiger partial charge in [-0.05, 0) is 42.7 Å². The molecule has 0 aliphatic carbocycles. The van der Waals surface area contributed by atoms with Crippen molar-refractivity contribution in [2.24, 2.45) is 0 Å². The number of rotatable bonds is 4. The number of nitrogens with one attached hydrogen (secondary N) is 2. The van der Waals surface area contributed by atoms with Gasteiger partial charge in [-0.25, -0.2) is 0 Å². The van der Waals surface area contributed by atoms with E-state index in [2.05, 4.69) is 10.6 Å². The minimum atomic E-state index is -1.23. The van der Waals surface area contributed by atoms with Gasteiger partial charge in [-0.1, -0.05) is 30.3 Å². The summed E-state index contributed by atoms with van der Waals surface area (Å²) in [4.78, 5) is 23.4. The molecule has 0 saturated carbocycles. The van der Waals surface area contributed by atoms with Crippen LogP contribution >= 0.6 is 0 Å². The molecule has 0 spiro atoms. The molecule has 3 N–H and O–H groups in total. The standard InChI is InChI=1S/C18H20N2O3/c1-11-9-15(10-12(2)16(11)19-13(3)21)20-18(23)17(22)14-7-5-4-6-8-14/h4-10,17,22H,1-3H3,(H,19,21)(H,20,23). The van der Waals surface area contributed by atoms with E-state index in [4.69, 9.17) is 0 Å². The highest BCUT2D eigenvalue weighted by Gasteiger charge is 2.17. The van der Waals surface area contributed by atoms with Gasteiger partial charge in [-0.15, -0.1) is 0 Å². The second-order valence-corrected chi connectivity index (χ2v) is 5.47. The minimum absolute atomic E-state index is 0.146. The van der Waals surface area contributed by atoms with Crippen LogP contribution in [-0.4, -0.2) is 16.9 Å². The highest BCUT2D eigenvalue weighted by Crippen LogP contribution is 2.25. The summed E-state index contributed by atoms with van der Waals surface area (Å²) in [5, 5.41) is 15.6. The van der Waals surface area contributed by atoms with Gasteiger partial charge >= 0.3 is 0 Å². The number of carbonyl (C=O) groups is 2. The highest BCUT2D eigenvalue weighted by atomic mass is 16.3. The van der Waals surface area contributed by atoms with Crippen LogP contribution in [0.5, 0.6) is 0 Å². The van der Waals surface area contributed by atoms with E-state index >= 15 is 0 Å². The minimum Gasteiger partial charge on any atom is -0.378 e. The maximum absolute atomic E-state index is 12.2. The van der Waals surface area contributed by atoms with Crippen LogP contribution in [0.1, 0.15) is 29.7 Å². The first-order chi connectivity index (χ1) is 10.9. The summed E-state index contributed by atoms with van der Waals surface area (Å²) in [5.74, 6) is -0.644. The molecular formula is C18H20N2O3. The SMILES string of the molecule is CC(=O)Nc1c(C)cc(NC(=O)C(O)c2ccccc2)cc1C. The van der Waals surface area contributed by atoms with Crippen molar-refractivity contribution in [2.45, 2.75) is 26.9 Å². The molecule has 0 radical (unpaired) electrons. The Hall–Kier alpha value is -2.66. The Morgan fingerprint density at radius 1 is 1.00 bits per heavy atom. The van der Waals surface area contributed by atoms with E-state index in [9.17, 15) is 14.7 Å². The topological polar surface area (TPSA) is 78.4 Å². The number of anilines is 2. The fourth-order valence-corrected chi connectivity index (χ4v) is 2.41. The van der Waals surface area contributed by atoms with Gasteiger partial charge in [0.15, 0.2) is 6.10 Å². The average molecular weight is 312 g/mol. The smallest absolute Gasteiger partial charge is 0.257 e. The Morgan fingerprint density at radius 2 is 1.57 bits per heavy atom. The molecule has 0 aromatic heterocycles. The lowest BCUT2D eigenvalue weighted by atomic mass is 10.1. The van der Waals surface area contributed by atoms with Gasteiger partial charge in [0.05, 0.1) is 0 Å². The molecule has 23 heavy (non-hydrogen) atoms. The number of amides is 2. The Kier molecular flexibility index (Phi) is 5.13. The molecule has 2 rings (SSSR count). The largest absolute Gasteiger partial charge is 0.378 e. The number of benzene rings is 2. The van der Waals surface area contributed by atoms with Gasteiger partial charge in [0.2, 0.25) is 5.91 Å². The molecule has 0 aliphatic rings. The quantitative estimate of drug-likeness (QED) is 0.812. The van der Waals surface area contributed by atoms with Crippen LogP contribution < -0.4 is 10.6 Å². The van der Waals surface area contributed by atoms with Crippen LogP contribution in [-0.2, 0) is 9.59 Å². The molecule has 120 valence electrons. The Labute approximate surface area is 135 Å². The van der Waals surface area contributed by atoms with Crippen molar-refractivity contribution in [1.29, 1.82) is 0 Å². The van der Waals surface area contributed by atoms with E-state index < -0.39 is 12.0 Å². The van der Waals surface area contributed by atoms with Crippen LogP contribution in [0.25, 0.3) is 0 Å². The molecule has 1 unspecified atom stereocenters. The molecule has 0 saturated heterocycles. The normalized spacial score (nSPS) is 11.7. The van der Waals surface area contributed by atoms with E-state index in [1.54, 1.807) is 36.4 Å². The summed E-state index contributed by atoms with van der Waals surface area (Å²) >= 11 is 0. The predicted octanol–water partition coefficient (Wildman–Crippen LogP) is 2.93. The molecule has 2 amide bonds. The zero-order chi connectivity index (χ0) is 17.0. The summed E-state index contributed by atoms with van der Waals surface area (Å²) in [6, 6.07) is 12.3. The number of aliphatic hydroxyl groups is 1. The highest BCUT2D eigenvalue weighted by molar-refractivity contribution is 5.96. The number of aryl methyl sites for hydroxylation is 2. The molecule has 2 aromatic rings. The lowest BCUT2D eigenvalue weighted by molar-refractivity contribution is -0.124. The third-order valence-corrected chi connectivity index (χ3v) is 3.46. The van der Waals surface area contributed by atoms with E-state index in [-0.39, 0.29) is 5.91 Å².